The van der Waals surface area contributed by atoms with Crippen LogP contribution in [0.15, 0.2) is 72.3 Å². The number of benzene rings is 3. The SMILES string of the molecule is COc1ccc(/C(O)=C2/C(=O)C(=O)N(c3ccccc3)C2c2ccc(O)c(Cl)c2)cc1Cl. The first-order valence-corrected chi connectivity index (χ1v) is 10.3. The molecule has 0 aliphatic carbocycles. The fourth-order valence-electron chi connectivity index (χ4n) is 3.67. The molecule has 1 aliphatic rings. The molecular weight excluding hydrogens is 453 g/mol. The van der Waals surface area contributed by atoms with Crippen LogP contribution in [0.2, 0.25) is 10.0 Å². The monoisotopic (exact) mass is 469 g/mol. The minimum absolute atomic E-state index is 0.0497. The summed E-state index contributed by atoms with van der Waals surface area (Å²) in [5.74, 6) is -1.79. The molecule has 162 valence electrons. The second-order valence-corrected chi connectivity index (χ2v) is 7.88. The molecule has 1 amide bonds. The predicted molar refractivity (Wildman–Crippen MR) is 122 cm³/mol. The number of ether oxygens (including phenoxy) is 1. The van der Waals surface area contributed by atoms with Gasteiger partial charge in [0, 0.05) is 11.3 Å². The van der Waals surface area contributed by atoms with Crippen molar-refractivity contribution in [3.63, 3.8) is 0 Å². The van der Waals surface area contributed by atoms with Crippen LogP contribution >= 0.6 is 23.2 Å². The average Bonchev–Trinajstić information content (AvgIpc) is 3.06. The summed E-state index contributed by atoms with van der Waals surface area (Å²) in [7, 11) is 1.46. The van der Waals surface area contributed by atoms with Gasteiger partial charge >= 0.3 is 0 Å². The van der Waals surface area contributed by atoms with E-state index in [9.17, 15) is 19.8 Å². The number of carbonyl (C=O) groups excluding carboxylic acids is 2. The van der Waals surface area contributed by atoms with Crippen molar-refractivity contribution in [3.05, 3.63) is 93.5 Å². The fourth-order valence-corrected chi connectivity index (χ4v) is 4.11. The van der Waals surface area contributed by atoms with Gasteiger partial charge in [0.05, 0.1) is 28.8 Å². The number of aromatic hydroxyl groups is 1. The molecule has 1 atom stereocenters. The van der Waals surface area contributed by atoms with Gasteiger partial charge in [0.2, 0.25) is 0 Å². The van der Waals surface area contributed by atoms with Crippen molar-refractivity contribution in [1.82, 2.24) is 0 Å². The number of nitrogens with zero attached hydrogens (tertiary/aromatic N) is 1. The Morgan fingerprint density at radius 1 is 0.969 bits per heavy atom. The Bertz CT molecular complexity index is 1260. The van der Waals surface area contributed by atoms with Gasteiger partial charge in [-0.15, -0.1) is 0 Å². The van der Waals surface area contributed by atoms with E-state index in [2.05, 4.69) is 0 Å². The number of aliphatic hydroxyl groups is 1. The maximum atomic E-state index is 13.1. The van der Waals surface area contributed by atoms with Gasteiger partial charge in [-0.05, 0) is 48.0 Å². The number of hydrogen-bond donors (Lipinski definition) is 2. The number of halogens is 2. The molecule has 2 N–H and O–H groups in total. The van der Waals surface area contributed by atoms with E-state index >= 15 is 0 Å². The number of ketones is 1. The summed E-state index contributed by atoms with van der Waals surface area (Å²) in [5, 5.41) is 21.2. The van der Waals surface area contributed by atoms with Gasteiger partial charge in [0.1, 0.15) is 17.3 Å². The largest absolute Gasteiger partial charge is 0.507 e. The molecule has 4 rings (SSSR count). The van der Waals surface area contributed by atoms with Gasteiger partial charge in [0.25, 0.3) is 11.7 Å². The predicted octanol–water partition coefficient (Wildman–Crippen LogP) is 5.33. The zero-order valence-electron chi connectivity index (χ0n) is 16.8. The highest BCUT2D eigenvalue weighted by Gasteiger charge is 2.47. The molecule has 3 aromatic rings. The zero-order chi connectivity index (χ0) is 23.0. The van der Waals surface area contributed by atoms with E-state index in [1.807, 2.05) is 0 Å². The highest BCUT2D eigenvalue weighted by molar-refractivity contribution is 6.51. The lowest BCUT2D eigenvalue weighted by Crippen LogP contribution is -2.29. The highest BCUT2D eigenvalue weighted by atomic mass is 35.5. The Hall–Kier alpha value is -3.48. The van der Waals surface area contributed by atoms with Gasteiger partial charge in [-0.1, -0.05) is 47.5 Å². The topological polar surface area (TPSA) is 87.1 Å². The number of hydrogen-bond acceptors (Lipinski definition) is 5. The first-order chi connectivity index (χ1) is 15.3. The number of methoxy groups -OCH3 is 1. The second-order valence-electron chi connectivity index (χ2n) is 7.06. The first kappa shape index (κ1) is 21.7. The van der Waals surface area contributed by atoms with E-state index < -0.39 is 17.7 Å². The van der Waals surface area contributed by atoms with E-state index in [-0.39, 0.29) is 32.7 Å². The van der Waals surface area contributed by atoms with Crippen LogP contribution in [-0.2, 0) is 9.59 Å². The molecular formula is C24H17Cl2NO5. The molecule has 0 radical (unpaired) electrons. The third kappa shape index (κ3) is 3.68. The van der Waals surface area contributed by atoms with Crippen molar-refractivity contribution < 1.29 is 24.5 Å². The lowest BCUT2D eigenvalue weighted by Gasteiger charge is -2.25. The van der Waals surface area contributed by atoms with E-state index in [4.69, 9.17) is 27.9 Å². The lowest BCUT2D eigenvalue weighted by molar-refractivity contribution is -0.132. The summed E-state index contributed by atoms with van der Waals surface area (Å²) in [6.45, 7) is 0. The summed E-state index contributed by atoms with van der Waals surface area (Å²) < 4.78 is 5.14. The number of Topliss-reactive ketones (excluding diaryl/α,β-unsaturated/α-hetero) is 1. The number of para-hydroxylation sites is 1. The molecule has 1 fully saturated rings. The third-order valence-corrected chi connectivity index (χ3v) is 5.79. The minimum atomic E-state index is -0.976. The Morgan fingerprint density at radius 3 is 2.31 bits per heavy atom. The van der Waals surface area contributed by atoms with Gasteiger partial charge in [-0.3, -0.25) is 14.5 Å². The minimum Gasteiger partial charge on any atom is -0.507 e. The number of carbonyl (C=O) groups is 2. The number of aliphatic hydroxyl groups excluding tert-OH is 1. The van der Waals surface area contributed by atoms with Crippen molar-refractivity contribution in [3.8, 4) is 11.5 Å². The van der Waals surface area contributed by atoms with E-state index in [1.54, 1.807) is 42.5 Å². The molecule has 0 spiro atoms. The van der Waals surface area contributed by atoms with Crippen LogP contribution in [-0.4, -0.2) is 29.0 Å². The summed E-state index contributed by atoms with van der Waals surface area (Å²) in [4.78, 5) is 27.4. The molecule has 3 aromatic carbocycles. The second kappa shape index (κ2) is 8.57. The lowest BCUT2D eigenvalue weighted by atomic mass is 9.95. The maximum absolute atomic E-state index is 13.1. The Labute approximate surface area is 193 Å². The van der Waals surface area contributed by atoms with E-state index in [0.29, 0.717) is 17.0 Å². The highest BCUT2D eigenvalue weighted by Crippen LogP contribution is 2.43. The molecule has 0 aromatic heterocycles. The fraction of sp³-hybridized carbons (Fsp3) is 0.0833. The molecule has 0 saturated carbocycles. The van der Waals surface area contributed by atoms with Crippen LogP contribution < -0.4 is 9.64 Å². The maximum Gasteiger partial charge on any atom is 0.300 e. The van der Waals surface area contributed by atoms with Crippen molar-refractivity contribution in [2.75, 3.05) is 12.0 Å². The van der Waals surface area contributed by atoms with Crippen LogP contribution in [0, 0.1) is 0 Å². The smallest absolute Gasteiger partial charge is 0.300 e. The van der Waals surface area contributed by atoms with Gasteiger partial charge < -0.3 is 14.9 Å². The number of phenols is 1. The molecule has 1 heterocycles. The molecule has 1 aliphatic heterocycles. The summed E-state index contributed by atoms with van der Waals surface area (Å²) in [5.41, 5.74) is 1.03. The van der Waals surface area contributed by atoms with Crippen LogP contribution in [0.1, 0.15) is 17.2 Å². The summed E-state index contributed by atoms with van der Waals surface area (Å²) in [6.07, 6.45) is 0. The van der Waals surface area contributed by atoms with Crippen LogP contribution in [0.5, 0.6) is 11.5 Å². The zero-order valence-corrected chi connectivity index (χ0v) is 18.3. The Morgan fingerprint density at radius 2 is 1.69 bits per heavy atom. The first-order valence-electron chi connectivity index (χ1n) is 9.52. The Kier molecular flexibility index (Phi) is 5.82. The van der Waals surface area contributed by atoms with Crippen LogP contribution in [0.4, 0.5) is 5.69 Å². The van der Waals surface area contributed by atoms with Crippen LogP contribution in [0.25, 0.3) is 5.76 Å². The van der Waals surface area contributed by atoms with Crippen molar-refractivity contribution >= 4 is 46.3 Å². The van der Waals surface area contributed by atoms with Gasteiger partial charge in [-0.2, -0.15) is 0 Å². The molecule has 6 nitrogen and oxygen atoms in total. The normalized spacial score (nSPS) is 17.6. The van der Waals surface area contributed by atoms with Crippen molar-refractivity contribution in [1.29, 1.82) is 0 Å². The molecule has 1 unspecified atom stereocenters. The van der Waals surface area contributed by atoms with Crippen molar-refractivity contribution in [2.24, 2.45) is 0 Å². The van der Waals surface area contributed by atoms with Gasteiger partial charge in [-0.25, -0.2) is 0 Å². The third-order valence-electron chi connectivity index (χ3n) is 5.19. The molecule has 1 saturated heterocycles. The number of anilines is 1. The van der Waals surface area contributed by atoms with Crippen LogP contribution in [0.3, 0.4) is 0 Å². The molecule has 8 heteroatoms. The standard InChI is InChI=1S/C24H17Cl2NO5/c1-32-19-10-8-14(12-17(19)26)22(29)20-21(13-7-9-18(28)16(25)11-13)27(24(31)23(20)30)15-5-3-2-4-6-15/h2-12,21,28-29H,1H3/b22-20-. The quantitative estimate of drug-likeness (QED) is 0.306. The van der Waals surface area contributed by atoms with Gasteiger partial charge in [0.15, 0.2) is 0 Å². The number of amides is 1. The van der Waals surface area contributed by atoms with E-state index in [0.717, 1.165) is 0 Å². The number of rotatable bonds is 4. The summed E-state index contributed by atoms with van der Waals surface area (Å²) >= 11 is 12.3. The molecule has 0 bridgehead atoms. The van der Waals surface area contributed by atoms with E-state index in [1.165, 1.54) is 36.3 Å². The summed E-state index contributed by atoms with van der Waals surface area (Å²) in [6, 6.07) is 16.6. The number of phenolic OH excluding ortho intramolecular Hbond substituents is 1. The Balaban J connectivity index is 1.95. The average molecular weight is 470 g/mol. The van der Waals surface area contributed by atoms with Crippen molar-refractivity contribution in [2.45, 2.75) is 6.04 Å². The molecule has 32 heavy (non-hydrogen) atoms.